The van der Waals surface area contributed by atoms with Crippen LogP contribution in [0.3, 0.4) is 0 Å². The number of benzene rings is 1. The number of esters is 1. The zero-order chi connectivity index (χ0) is 14.5. The Labute approximate surface area is 123 Å². The highest BCUT2D eigenvalue weighted by Crippen LogP contribution is 2.30. The lowest BCUT2D eigenvalue weighted by Gasteiger charge is -2.33. The van der Waals surface area contributed by atoms with Crippen LogP contribution >= 0.6 is 11.6 Å². The maximum atomic E-state index is 11.9. The van der Waals surface area contributed by atoms with Crippen LogP contribution in [0.1, 0.15) is 25.3 Å². The van der Waals surface area contributed by atoms with Gasteiger partial charge in [0.2, 0.25) is 0 Å². The quantitative estimate of drug-likeness (QED) is 0.804. The molecule has 1 atom stereocenters. The Morgan fingerprint density at radius 2 is 2.40 bits per heavy atom. The molecule has 0 saturated carbocycles. The Balaban J connectivity index is 2.20. The molecule has 1 fully saturated rings. The largest absolute Gasteiger partial charge is 0.466 e. The number of rotatable bonds is 3. The molecule has 0 spiro atoms. The van der Waals surface area contributed by atoms with Crippen molar-refractivity contribution in [1.29, 1.82) is 5.26 Å². The lowest BCUT2D eigenvalue weighted by Crippen LogP contribution is -2.39. The fourth-order valence-electron chi connectivity index (χ4n) is 2.54. The van der Waals surface area contributed by atoms with E-state index in [0.717, 1.165) is 25.1 Å². The minimum absolute atomic E-state index is 0.130. The third-order valence-electron chi connectivity index (χ3n) is 3.49. The van der Waals surface area contributed by atoms with Gasteiger partial charge in [-0.05, 0) is 31.9 Å². The zero-order valence-corrected chi connectivity index (χ0v) is 12.2. The van der Waals surface area contributed by atoms with Crippen LogP contribution in [-0.2, 0) is 9.53 Å². The van der Waals surface area contributed by atoms with Crippen LogP contribution in [0.5, 0.6) is 0 Å². The number of anilines is 1. The molecule has 0 aliphatic carbocycles. The van der Waals surface area contributed by atoms with E-state index in [1.807, 2.05) is 19.1 Å². The number of nitriles is 1. The van der Waals surface area contributed by atoms with Crippen LogP contribution in [0.4, 0.5) is 5.69 Å². The van der Waals surface area contributed by atoms with E-state index in [1.54, 1.807) is 6.07 Å². The summed E-state index contributed by atoms with van der Waals surface area (Å²) in [5.41, 5.74) is 1.27. The fraction of sp³-hybridized carbons (Fsp3) is 0.467. The third-order valence-corrected chi connectivity index (χ3v) is 3.80. The second-order valence-electron chi connectivity index (χ2n) is 4.78. The zero-order valence-electron chi connectivity index (χ0n) is 11.4. The summed E-state index contributed by atoms with van der Waals surface area (Å²) in [5, 5.41) is 9.68. The molecule has 0 aromatic heterocycles. The van der Waals surface area contributed by atoms with E-state index in [2.05, 4.69) is 11.0 Å². The minimum atomic E-state index is -0.155. The molecule has 106 valence electrons. The van der Waals surface area contributed by atoms with E-state index in [-0.39, 0.29) is 11.9 Å². The first kappa shape index (κ1) is 14.7. The molecule has 5 heteroatoms. The second kappa shape index (κ2) is 6.62. The van der Waals surface area contributed by atoms with Gasteiger partial charge in [-0.25, -0.2) is 0 Å². The van der Waals surface area contributed by atoms with E-state index in [4.69, 9.17) is 16.3 Å². The lowest BCUT2D eigenvalue weighted by molar-refractivity contribution is -0.148. The van der Waals surface area contributed by atoms with Gasteiger partial charge >= 0.3 is 5.97 Å². The van der Waals surface area contributed by atoms with Gasteiger partial charge in [-0.15, -0.1) is 0 Å². The van der Waals surface area contributed by atoms with Crippen LogP contribution in [-0.4, -0.2) is 25.7 Å². The third kappa shape index (κ3) is 3.05. The molecule has 0 bridgehead atoms. The maximum Gasteiger partial charge on any atom is 0.310 e. The summed E-state index contributed by atoms with van der Waals surface area (Å²) in [4.78, 5) is 13.9. The first-order valence-corrected chi connectivity index (χ1v) is 7.15. The summed E-state index contributed by atoms with van der Waals surface area (Å²) < 4.78 is 5.09. The molecule has 4 nitrogen and oxygen atoms in total. The normalized spacial score (nSPS) is 18.4. The van der Waals surface area contributed by atoms with E-state index in [1.165, 1.54) is 0 Å². The molecule has 1 heterocycles. The van der Waals surface area contributed by atoms with Gasteiger partial charge in [0.1, 0.15) is 6.07 Å². The summed E-state index contributed by atoms with van der Waals surface area (Å²) in [6.07, 6.45) is 1.73. The molecule has 0 radical (unpaired) electrons. The van der Waals surface area contributed by atoms with Gasteiger partial charge < -0.3 is 9.64 Å². The highest BCUT2D eigenvalue weighted by atomic mass is 35.5. The van der Waals surface area contributed by atoms with Crippen LogP contribution < -0.4 is 4.90 Å². The van der Waals surface area contributed by atoms with Crippen molar-refractivity contribution in [3.63, 3.8) is 0 Å². The molecule has 1 unspecified atom stereocenters. The number of ether oxygens (including phenoxy) is 1. The van der Waals surface area contributed by atoms with Gasteiger partial charge in [-0.1, -0.05) is 17.7 Å². The maximum absolute atomic E-state index is 11.9. The topological polar surface area (TPSA) is 53.3 Å². The standard InChI is InChI=1S/C15H17ClN2O2/c1-2-20-15(19)11-5-4-8-18(10-11)14-7-3-6-13(16)12(14)9-17/h3,6-7,11H,2,4-5,8,10H2,1H3. The van der Waals surface area contributed by atoms with Crippen molar-refractivity contribution in [2.45, 2.75) is 19.8 Å². The molecule has 20 heavy (non-hydrogen) atoms. The molecule has 0 N–H and O–H groups in total. The van der Waals surface area contributed by atoms with Crippen LogP contribution in [0.25, 0.3) is 0 Å². The van der Waals surface area contributed by atoms with Crippen LogP contribution in [0, 0.1) is 17.2 Å². The van der Waals surface area contributed by atoms with Gasteiger partial charge in [-0.3, -0.25) is 4.79 Å². The van der Waals surface area contributed by atoms with Crippen molar-refractivity contribution in [2.24, 2.45) is 5.92 Å². The van der Waals surface area contributed by atoms with Crippen molar-refractivity contribution in [3.05, 3.63) is 28.8 Å². The van der Waals surface area contributed by atoms with Gasteiger partial charge in [0.15, 0.2) is 0 Å². The van der Waals surface area contributed by atoms with E-state index < -0.39 is 0 Å². The van der Waals surface area contributed by atoms with E-state index >= 15 is 0 Å². The van der Waals surface area contributed by atoms with Gasteiger partial charge in [0.05, 0.1) is 28.8 Å². The highest BCUT2D eigenvalue weighted by molar-refractivity contribution is 6.32. The molecule has 2 rings (SSSR count). The predicted octanol–water partition coefficient (Wildman–Crippen LogP) is 2.99. The molecule has 1 aliphatic rings. The van der Waals surface area contributed by atoms with Crippen LogP contribution in [0.15, 0.2) is 18.2 Å². The van der Waals surface area contributed by atoms with Gasteiger partial charge in [-0.2, -0.15) is 5.26 Å². The predicted molar refractivity (Wildman–Crippen MR) is 77.7 cm³/mol. The molecule has 0 amide bonds. The number of hydrogen-bond donors (Lipinski definition) is 0. The Kier molecular flexibility index (Phi) is 4.86. The van der Waals surface area contributed by atoms with E-state index in [9.17, 15) is 10.1 Å². The lowest BCUT2D eigenvalue weighted by atomic mass is 9.97. The van der Waals surface area contributed by atoms with Crippen LogP contribution in [0.2, 0.25) is 5.02 Å². The number of halogens is 1. The Hall–Kier alpha value is -1.73. The number of carbonyl (C=O) groups excluding carboxylic acids is 1. The Morgan fingerprint density at radius 1 is 1.60 bits per heavy atom. The Bertz CT molecular complexity index is 539. The molecular formula is C15H17ClN2O2. The van der Waals surface area contributed by atoms with Gasteiger partial charge in [0, 0.05) is 13.1 Å². The van der Waals surface area contributed by atoms with Crippen molar-refractivity contribution in [3.8, 4) is 6.07 Å². The smallest absolute Gasteiger partial charge is 0.310 e. The van der Waals surface area contributed by atoms with Crippen molar-refractivity contribution in [1.82, 2.24) is 0 Å². The summed E-state index contributed by atoms with van der Waals surface area (Å²) in [6, 6.07) is 7.54. The average Bonchev–Trinajstić information content (AvgIpc) is 2.47. The average molecular weight is 293 g/mol. The minimum Gasteiger partial charge on any atom is -0.466 e. The van der Waals surface area contributed by atoms with Crippen molar-refractivity contribution in [2.75, 3.05) is 24.6 Å². The molecule has 1 aromatic rings. The molecular weight excluding hydrogens is 276 g/mol. The fourth-order valence-corrected chi connectivity index (χ4v) is 2.75. The molecule has 1 aromatic carbocycles. The number of carbonyl (C=O) groups is 1. The number of hydrogen-bond acceptors (Lipinski definition) is 4. The SMILES string of the molecule is CCOC(=O)C1CCCN(c2cccc(Cl)c2C#N)C1. The molecule has 1 aliphatic heterocycles. The second-order valence-corrected chi connectivity index (χ2v) is 5.19. The Morgan fingerprint density at radius 3 is 3.10 bits per heavy atom. The first-order valence-electron chi connectivity index (χ1n) is 6.77. The first-order chi connectivity index (χ1) is 9.67. The number of piperidine rings is 1. The highest BCUT2D eigenvalue weighted by Gasteiger charge is 2.28. The summed E-state index contributed by atoms with van der Waals surface area (Å²) in [7, 11) is 0. The van der Waals surface area contributed by atoms with Crippen molar-refractivity contribution >= 4 is 23.3 Å². The number of nitrogens with zero attached hydrogens (tertiary/aromatic N) is 2. The molecule has 1 saturated heterocycles. The van der Waals surface area contributed by atoms with Gasteiger partial charge in [0.25, 0.3) is 0 Å². The van der Waals surface area contributed by atoms with Crippen molar-refractivity contribution < 1.29 is 9.53 Å². The summed E-state index contributed by atoms with van der Waals surface area (Å²) in [6.45, 7) is 3.61. The van der Waals surface area contributed by atoms with E-state index in [0.29, 0.717) is 23.7 Å². The summed E-state index contributed by atoms with van der Waals surface area (Å²) in [5.74, 6) is -0.285. The summed E-state index contributed by atoms with van der Waals surface area (Å²) >= 11 is 6.06. The monoisotopic (exact) mass is 292 g/mol.